The minimum absolute atomic E-state index is 0.501. The van der Waals surface area contributed by atoms with E-state index in [0.29, 0.717) is 12.0 Å². The van der Waals surface area contributed by atoms with E-state index < -0.39 is 0 Å². The zero-order valence-corrected chi connectivity index (χ0v) is 14.4. The SMILES string of the molecule is CCCCCCCC1CCC(c2ccc(OCC)cc2)CO1. The molecule has 22 heavy (non-hydrogen) atoms. The van der Waals surface area contributed by atoms with Gasteiger partial charge in [0.05, 0.1) is 19.3 Å². The van der Waals surface area contributed by atoms with Gasteiger partial charge in [-0.25, -0.2) is 0 Å². The van der Waals surface area contributed by atoms with Crippen LogP contribution in [0.15, 0.2) is 24.3 Å². The second-order valence-electron chi connectivity index (χ2n) is 6.43. The van der Waals surface area contributed by atoms with Crippen molar-refractivity contribution in [2.75, 3.05) is 13.2 Å². The van der Waals surface area contributed by atoms with Crippen molar-refractivity contribution in [1.82, 2.24) is 0 Å². The third kappa shape index (κ3) is 5.64. The van der Waals surface area contributed by atoms with Gasteiger partial charge in [-0.1, -0.05) is 51.2 Å². The van der Waals surface area contributed by atoms with Crippen molar-refractivity contribution >= 4 is 0 Å². The van der Waals surface area contributed by atoms with Gasteiger partial charge in [-0.2, -0.15) is 0 Å². The lowest BCUT2D eigenvalue weighted by Gasteiger charge is -2.29. The van der Waals surface area contributed by atoms with Gasteiger partial charge in [-0.3, -0.25) is 0 Å². The molecule has 0 aliphatic carbocycles. The minimum Gasteiger partial charge on any atom is -0.494 e. The highest BCUT2D eigenvalue weighted by Crippen LogP contribution is 2.31. The molecule has 1 heterocycles. The highest BCUT2D eigenvalue weighted by Gasteiger charge is 2.22. The summed E-state index contributed by atoms with van der Waals surface area (Å²) in [5, 5.41) is 0. The van der Waals surface area contributed by atoms with Crippen molar-refractivity contribution in [1.29, 1.82) is 0 Å². The zero-order chi connectivity index (χ0) is 15.6. The number of hydrogen-bond acceptors (Lipinski definition) is 2. The van der Waals surface area contributed by atoms with E-state index in [2.05, 4.69) is 31.2 Å². The largest absolute Gasteiger partial charge is 0.494 e. The van der Waals surface area contributed by atoms with Gasteiger partial charge in [0.15, 0.2) is 0 Å². The Kier molecular flexibility index (Phi) is 7.79. The molecule has 0 bridgehead atoms. The fraction of sp³-hybridized carbons (Fsp3) is 0.700. The summed E-state index contributed by atoms with van der Waals surface area (Å²) < 4.78 is 11.6. The van der Waals surface area contributed by atoms with Gasteiger partial charge in [0.2, 0.25) is 0 Å². The molecule has 0 aromatic heterocycles. The van der Waals surface area contributed by atoms with Crippen LogP contribution in [0.2, 0.25) is 0 Å². The third-order valence-electron chi connectivity index (χ3n) is 4.66. The van der Waals surface area contributed by atoms with Crippen LogP contribution < -0.4 is 4.74 Å². The van der Waals surface area contributed by atoms with Crippen molar-refractivity contribution < 1.29 is 9.47 Å². The van der Waals surface area contributed by atoms with Gasteiger partial charge in [0, 0.05) is 5.92 Å². The topological polar surface area (TPSA) is 18.5 Å². The first-order chi connectivity index (χ1) is 10.8. The van der Waals surface area contributed by atoms with E-state index >= 15 is 0 Å². The lowest BCUT2D eigenvalue weighted by Crippen LogP contribution is -2.24. The van der Waals surface area contributed by atoms with E-state index in [9.17, 15) is 0 Å². The molecule has 2 nitrogen and oxygen atoms in total. The van der Waals surface area contributed by atoms with E-state index in [-0.39, 0.29) is 0 Å². The Labute approximate surface area is 136 Å². The molecule has 0 spiro atoms. The minimum atomic E-state index is 0.501. The molecule has 1 fully saturated rings. The highest BCUT2D eigenvalue weighted by molar-refractivity contribution is 5.29. The number of benzene rings is 1. The number of ether oxygens (including phenoxy) is 2. The Hall–Kier alpha value is -1.02. The molecular weight excluding hydrogens is 272 g/mol. The van der Waals surface area contributed by atoms with Gasteiger partial charge < -0.3 is 9.47 Å². The van der Waals surface area contributed by atoms with Crippen LogP contribution in [0.1, 0.15) is 76.7 Å². The summed E-state index contributed by atoms with van der Waals surface area (Å²) in [4.78, 5) is 0. The van der Waals surface area contributed by atoms with Gasteiger partial charge in [-0.15, -0.1) is 0 Å². The molecule has 2 atom stereocenters. The van der Waals surface area contributed by atoms with E-state index in [1.807, 2.05) is 6.92 Å². The van der Waals surface area contributed by atoms with Gasteiger partial charge in [0.1, 0.15) is 5.75 Å². The lowest BCUT2D eigenvalue weighted by atomic mass is 9.90. The molecule has 0 N–H and O–H groups in total. The molecular formula is C20H32O2. The fourth-order valence-corrected chi connectivity index (χ4v) is 3.27. The first-order valence-corrected chi connectivity index (χ1v) is 9.17. The average molecular weight is 304 g/mol. The zero-order valence-electron chi connectivity index (χ0n) is 14.4. The van der Waals surface area contributed by atoms with E-state index in [1.165, 1.54) is 56.9 Å². The molecule has 1 aliphatic rings. The maximum absolute atomic E-state index is 6.10. The van der Waals surface area contributed by atoms with Crippen LogP contribution in [0.5, 0.6) is 5.75 Å². The van der Waals surface area contributed by atoms with E-state index in [1.54, 1.807) is 0 Å². The Morgan fingerprint density at radius 1 is 1.00 bits per heavy atom. The smallest absolute Gasteiger partial charge is 0.119 e. The molecule has 1 aliphatic heterocycles. The van der Waals surface area contributed by atoms with Crippen LogP contribution in [0.25, 0.3) is 0 Å². The van der Waals surface area contributed by atoms with Crippen molar-refractivity contribution in [2.24, 2.45) is 0 Å². The van der Waals surface area contributed by atoms with Crippen molar-refractivity contribution in [3.63, 3.8) is 0 Å². The second-order valence-corrected chi connectivity index (χ2v) is 6.43. The average Bonchev–Trinajstić information content (AvgIpc) is 2.56. The summed E-state index contributed by atoms with van der Waals surface area (Å²) in [5.41, 5.74) is 1.39. The molecule has 2 heteroatoms. The summed E-state index contributed by atoms with van der Waals surface area (Å²) in [6, 6.07) is 8.56. The quantitative estimate of drug-likeness (QED) is 0.544. The molecule has 1 aromatic carbocycles. The molecule has 124 valence electrons. The molecule has 2 rings (SSSR count). The predicted molar refractivity (Wildman–Crippen MR) is 92.7 cm³/mol. The van der Waals surface area contributed by atoms with Crippen LogP contribution in [0.4, 0.5) is 0 Å². The van der Waals surface area contributed by atoms with Crippen molar-refractivity contribution in [2.45, 2.75) is 77.2 Å². The third-order valence-corrected chi connectivity index (χ3v) is 4.66. The van der Waals surface area contributed by atoms with E-state index in [0.717, 1.165) is 19.0 Å². The summed E-state index contributed by atoms with van der Waals surface area (Å²) >= 11 is 0. The monoisotopic (exact) mass is 304 g/mol. The van der Waals surface area contributed by atoms with Crippen molar-refractivity contribution in [3.05, 3.63) is 29.8 Å². The molecule has 0 saturated carbocycles. The summed E-state index contributed by atoms with van der Waals surface area (Å²) in [6.07, 6.45) is 11.0. The van der Waals surface area contributed by atoms with E-state index in [4.69, 9.17) is 9.47 Å². The molecule has 2 unspecified atom stereocenters. The first kappa shape index (κ1) is 17.3. The summed E-state index contributed by atoms with van der Waals surface area (Å²) in [7, 11) is 0. The van der Waals surface area contributed by atoms with Crippen LogP contribution in [0.3, 0.4) is 0 Å². The highest BCUT2D eigenvalue weighted by atomic mass is 16.5. The maximum Gasteiger partial charge on any atom is 0.119 e. The maximum atomic E-state index is 6.10. The molecule has 0 amide bonds. The Morgan fingerprint density at radius 2 is 1.77 bits per heavy atom. The summed E-state index contributed by atoms with van der Waals surface area (Å²) in [5.74, 6) is 1.53. The molecule has 0 radical (unpaired) electrons. The fourth-order valence-electron chi connectivity index (χ4n) is 3.27. The van der Waals surface area contributed by atoms with Crippen LogP contribution in [-0.2, 0) is 4.74 Å². The van der Waals surface area contributed by atoms with Gasteiger partial charge >= 0.3 is 0 Å². The van der Waals surface area contributed by atoms with Crippen molar-refractivity contribution in [3.8, 4) is 5.75 Å². The number of hydrogen-bond donors (Lipinski definition) is 0. The Bertz CT molecular complexity index is 391. The van der Waals surface area contributed by atoms with Gasteiger partial charge in [-0.05, 0) is 43.9 Å². The lowest BCUT2D eigenvalue weighted by molar-refractivity contribution is -0.00214. The van der Waals surface area contributed by atoms with Crippen LogP contribution in [-0.4, -0.2) is 19.3 Å². The van der Waals surface area contributed by atoms with Crippen LogP contribution in [0, 0.1) is 0 Å². The van der Waals surface area contributed by atoms with Crippen LogP contribution >= 0.6 is 0 Å². The summed E-state index contributed by atoms with van der Waals surface area (Å²) in [6.45, 7) is 5.90. The number of rotatable bonds is 9. The first-order valence-electron chi connectivity index (χ1n) is 9.17. The molecule has 1 aromatic rings. The Balaban J connectivity index is 1.68. The standard InChI is InChI=1S/C20H32O2/c1-3-5-6-7-8-9-19-15-12-18(16-22-19)17-10-13-20(14-11-17)21-4-2/h10-11,13-14,18-19H,3-9,12,15-16H2,1-2H3. The number of unbranched alkanes of at least 4 members (excludes halogenated alkanes) is 4. The molecule has 1 saturated heterocycles. The Morgan fingerprint density at radius 3 is 2.41 bits per heavy atom. The predicted octanol–water partition coefficient (Wildman–Crippen LogP) is 5.71. The van der Waals surface area contributed by atoms with Gasteiger partial charge in [0.25, 0.3) is 0 Å². The normalized spacial score (nSPS) is 21.7. The second kappa shape index (κ2) is 9.89.